The minimum absolute atomic E-state index is 0.0610. The van der Waals surface area contributed by atoms with Gasteiger partial charge >= 0.3 is 0 Å². The SMILES string of the molecule is CCOC(CC)O[SiH](Cc1ccccc1)Cc1ccccc1. The average molecular weight is 315 g/mol. The van der Waals surface area contributed by atoms with Crippen LogP contribution in [0.3, 0.4) is 0 Å². The van der Waals surface area contributed by atoms with Crippen molar-refractivity contribution in [3.63, 3.8) is 0 Å². The maximum absolute atomic E-state index is 6.36. The molecule has 0 aliphatic rings. The summed E-state index contributed by atoms with van der Waals surface area (Å²) in [6.45, 7) is 4.85. The molecule has 1 unspecified atom stereocenters. The second-order valence-electron chi connectivity index (χ2n) is 5.43. The van der Waals surface area contributed by atoms with E-state index in [0.717, 1.165) is 18.5 Å². The van der Waals surface area contributed by atoms with E-state index in [9.17, 15) is 0 Å². The molecular weight excluding hydrogens is 288 g/mol. The summed E-state index contributed by atoms with van der Waals surface area (Å²) in [4.78, 5) is 0. The molecule has 0 amide bonds. The van der Waals surface area contributed by atoms with Crippen molar-refractivity contribution in [3.05, 3.63) is 71.8 Å². The van der Waals surface area contributed by atoms with Crippen molar-refractivity contribution in [2.45, 2.75) is 38.6 Å². The minimum atomic E-state index is -1.42. The Morgan fingerprint density at radius 1 is 0.818 bits per heavy atom. The first kappa shape index (κ1) is 16.9. The molecule has 0 heterocycles. The van der Waals surface area contributed by atoms with Crippen molar-refractivity contribution in [2.24, 2.45) is 0 Å². The van der Waals surface area contributed by atoms with Crippen LogP contribution in [0.25, 0.3) is 0 Å². The monoisotopic (exact) mass is 314 g/mol. The van der Waals surface area contributed by atoms with Gasteiger partial charge in [-0.1, -0.05) is 67.6 Å². The molecule has 2 rings (SSSR count). The van der Waals surface area contributed by atoms with Gasteiger partial charge in [-0.25, -0.2) is 0 Å². The van der Waals surface area contributed by atoms with Crippen LogP contribution in [0.5, 0.6) is 0 Å². The summed E-state index contributed by atoms with van der Waals surface area (Å²) in [6, 6.07) is 23.4. The first-order valence-electron chi connectivity index (χ1n) is 8.16. The third kappa shape index (κ3) is 5.76. The molecule has 2 nitrogen and oxygen atoms in total. The first-order chi connectivity index (χ1) is 10.8. The standard InChI is InChI=1S/C19H26O2Si/c1-3-19(20-4-2)21-22(15-17-11-7-5-8-12-17)16-18-13-9-6-10-14-18/h5-14,19,22H,3-4,15-16H2,1-2H3. The van der Waals surface area contributed by atoms with Gasteiger partial charge in [-0.05, 0) is 36.6 Å². The van der Waals surface area contributed by atoms with Crippen LogP contribution in [0, 0.1) is 0 Å². The Bertz CT molecular complexity index is 474. The molecule has 22 heavy (non-hydrogen) atoms. The van der Waals surface area contributed by atoms with E-state index >= 15 is 0 Å². The third-order valence-electron chi connectivity index (χ3n) is 3.64. The number of ether oxygens (including phenoxy) is 1. The predicted molar refractivity (Wildman–Crippen MR) is 94.2 cm³/mol. The molecule has 3 heteroatoms. The average Bonchev–Trinajstić information content (AvgIpc) is 2.56. The molecule has 0 saturated heterocycles. The summed E-state index contributed by atoms with van der Waals surface area (Å²) in [5.74, 6) is 0. The summed E-state index contributed by atoms with van der Waals surface area (Å²) in [5, 5.41) is 0. The zero-order chi connectivity index (χ0) is 15.6. The van der Waals surface area contributed by atoms with Gasteiger partial charge in [0.25, 0.3) is 0 Å². The van der Waals surface area contributed by atoms with Crippen molar-refractivity contribution in [2.75, 3.05) is 6.61 Å². The Morgan fingerprint density at radius 3 is 1.73 bits per heavy atom. The molecule has 0 aromatic heterocycles. The largest absolute Gasteiger partial charge is 0.395 e. The van der Waals surface area contributed by atoms with E-state index in [1.54, 1.807) is 0 Å². The van der Waals surface area contributed by atoms with Crippen molar-refractivity contribution >= 4 is 9.04 Å². The lowest BCUT2D eigenvalue weighted by molar-refractivity contribution is -0.0801. The molecule has 0 aliphatic heterocycles. The predicted octanol–water partition coefficient (Wildman–Crippen LogP) is 4.06. The van der Waals surface area contributed by atoms with E-state index in [1.807, 2.05) is 6.92 Å². The van der Waals surface area contributed by atoms with Crippen LogP contribution >= 0.6 is 0 Å². The van der Waals surface area contributed by atoms with Gasteiger partial charge in [0.1, 0.15) is 6.29 Å². The lowest BCUT2D eigenvalue weighted by Gasteiger charge is -2.23. The highest BCUT2D eigenvalue weighted by Gasteiger charge is 2.19. The van der Waals surface area contributed by atoms with Crippen molar-refractivity contribution in [1.82, 2.24) is 0 Å². The Labute approximate surface area is 135 Å². The van der Waals surface area contributed by atoms with Crippen LogP contribution in [0.4, 0.5) is 0 Å². The maximum Gasteiger partial charge on any atom is 0.189 e. The molecule has 2 aromatic carbocycles. The third-order valence-corrected chi connectivity index (χ3v) is 6.18. The zero-order valence-electron chi connectivity index (χ0n) is 13.6. The minimum Gasteiger partial charge on any atom is -0.395 e. The number of hydrogen-bond donors (Lipinski definition) is 0. The van der Waals surface area contributed by atoms with Crippen molar-refractivity contribution in [3.8, 4) is 0 Å². The molecule has 118 valence electrons. The van der Waals surface area contributed by atoms with Gasteiger partial charge in [0.2, 0.25) is 0 Å². The summed E-state index contributed by atoms with van der Waals surface area (Å²) in [6.07, 6.45) is 0.843. The Balaban J connectivity index is 2.05. The van der Waals surface area contributed by atoms with Gasteiger partial charge < -0.3 is 9.16 Å². The summed E-state index contributed by atoms with van der Waals surface area (Å²) >= 11 is 0. The summed E-state index contributed by atoms with van der Waals surface area (Å²) in [7, 11) is -1.42. The lowest BCUT2D eigenvalue weighted by Crippen LogP contribution is -2.32. The fraction of sp³-hybridized carbons (Fsp3) is 0.368. The molecule has 0 aliphatic carbocycles. The van der Waals surface area contributed by atoms with E-state index in [0.29, 0.717) is 6.61 Å². The number of benzene rings is 2. The van der Waals surface area contributed by atoms with Crippen LogP contribution in [-0.4, -0.2) is 21.9 Å². The fourth-order valence-corrected chi connectivity index (χ4v) is 5.21. The van der Waals surface area contributed by atoms with Gasteiger partial charge in [-0.3, -0.25) is 0 Å². The van der Waals surface area contributed by atoms with Gasteiger partial charge in [0, 0.05) is 6.61 Å². The molecule has 1 atom stereocenters. The Hall–Kier alpha value is -1.42. The lowest BCUT2D eigenvalue weighted by atomic mass is 10.2. The van der Waals surface area contributed by atoms with Crippen LogP contribution in [-0.2, 0) is 21.3 Å². The second kappa shape index (κ2) is 9.56. The molecular formula is C19H26O2Si. The van der Waals surface area contributed by atoms with E-state index < -0.39 is 9.04 Å². The molecule has 0 N–H and O–H groups in total. The Kier molecular flexibility index (Phi) is 7.36. The van der Waals surface area contributed by atoms with Gasteiger partial charge in [0.15, 0.2) is 9.04 Å². The normalized spacial score (nSPS) is 12.5. The van der Waals surface area contributed by atoms with E-state index in [2.05, 4.69) is 67.6 Å². The van der Waals surface area contributed by atoms with Gasteiger partial charge in [0.05, 0.1) is 0 Å². The summed E-state index contributed by atoms with van der Waals surface area (Å²) in [5.41, 5.74) is 2.72. The van der Waals surface area contributed by atoms with E-state index in [1.165, 1.54) is 11.1 Å². The number of hydrogen-bond acceptors (Lipinski definition) is 2. The van der Waals surface area contributed by atoms with E-state index in [-0.39, 0.29) is 6.29 Å². The number of rotatable bonds is 9. The topological polar surface area (TPSA) is 18.5 Å². The Morgan fingerprint density at radius 2 is 1.32 bits per heavy atom. The smallest absolute Gasteiger partial charge is 0.189 e. The highest BCUT2D eigenvalue weighted by atomic mass is 28.3. The quantitative estimate of drug-likeness (QED) is 0.513. The second-order valence-corrected chi connectivity index (χ2v) is 7.76. The van der Waals surface area contributed by atoms with Crippen LogP contribution in [0.2, 0.25) is 0 Å². The van der Waals surface area contributed by atoms with Crippen molar-refractivity contribution in [1.29, 1.82) is 0 Å². The zero-order valence-corrected chi connectivity index (χ0v) is 14.7. The molecule has 0 fully saturated rings. The van der Waals surface area contributed by atoms with Crippen molar-refractivity contribution < 1.29 is 9.16 Å². The summed E-state index contributed by atoms with van der Waals surface area (Å²) < 4.78 is 12.1. The molecule has 0 radical (unpaired) electrons. The molecule has 2 aromatic rings. The van der Waals surface area contributed by atoms with E-state index in [4.69, 9.17) is 9.16 Å². The molecule has 0 spiro atoms. The molecule has 0 bridgehead atoms. The van der Waals surface area contributed by atoms with Gasteiger partial charge in [-0.15, -0.1) is 0 Å². The van der Waals surface area contributed by atoms with Crippen LogP contribution in [0.1, 0.15) is 31.4 Å². The highest BCUT2D eigenvalue weighted by Crippen LogP contribution is 2.13. The fourth-order valence-electron chi connectivity index (χ4n) is 2.58. The first-order valence-corrected chi connectivity index (χ1v) is 10.3. The maximum atomic E-state index is 6.36. The highest BCUT2D eigenvalue weighted by molar-refractivity contribution is 6.50. The van der Waals surface area contributed by atoms with Crippen LogP contribution in [0.15, 0.2) is 60.7 Å². The molecule has 0 saturated carbocycles. The van der Waals surface area contributed by atoms with Gasteiger partial charge in [-0.2, -0.15) is 0 Å². The van der Waals surface area contributed by atoms with Crippen LogP contribution < -0.4 is 0 Å².